The van der Waals surface area contributed by atoms with E-state index in [4.69, 9.17) is 10.5 Å². The molecule has 4 heteroatoms. The van der Waals surface area contributed by atoms with Crippen molar-refractivity contribution in [1.82, 2.24) is 5.32 Å². The Labute approximate surface area is 118 Å². The second kappa shape index (κ2) is 6.73. The molecule has 0 saturated heterocycles. The Kier molecular flexibility index (Phi) is 4.74. The fourth-order valence-corrected chi connectivity index (χ4v) is 1.95. The second-order valence-electron chi connectivity index (χ2n) is 4.38. The Morgan fingerprint density at radius 3 is 2.35 bits per heavy atom. The van der Waals surface area contributed by atoms with Gasteiger partial charge < -0.3 is 15.8 Å². The molecule has 2 aromatic rings. The molecule has 0 aromatic heterocycles. The van der Waals surface area contributed by atoms with Crippen LogP contribution in [0.2, 0.25) is 0 Å². The van der Waals surface area contributed by atoms with Crippen LogP contribution in [0.4, 0.5) is 0 Å². The van der Waals surface area contributed by atoms with Gasteiger partial charge in [0.1, 0.15) is 5.75 Å². The molecule has 0 atom stereocenters. The van der Waals surface area contributed by atoms with E-state index in [9.17, 15) is 4.79 Å². The van der Waals surface area contributed by atoms with Gasteiger partial charge in [0.2, 0.25) is 0 Å². The topological polar surface area (TPSA) is 64.3 Å². The molecule has 0 heterocycles. The summed E-state index contributed by atoms with van der Waals surface area (Å²) >= 11 is 0. The maximum atomic E-state index is 12.0. The summed E-state index contributed by atoms with van der Waals surface area (Å²) in [6.45, 7) is 0.937. The molecule has 1 amide bonds. The zero-order chi connectivity index (χ0) is 14.4. The van der Waals surface area contributed by atoms with Crippen molar-refractivity contribution in [3.63, 3.8) is 0 Å². The molecule has 0 aliphatic rings. The molecule has 0 aliphatic carbocycles. The first-order valence-electron chi connectivity index (χ1n) is 6.43. The second-order valence-corrected chi connectivity index (χ2v) is 4.38. The van der Waals surface area contributed by atoms with E-state index in [0.717, 1.165) is 16.9 Å². The van der Waals surface area contributed by atoms with Gasteiger partial charge in [-0.2, -0.15) is 0 Å². The van der Waals surface area contributed by atoms with Crippen LogP contribution in [-0.4, -0.2) is 13.0 Å². The SMILES string of the molecule is COc1ccc(C(=O)NCc2ccccc2CN)cc1. The molecule has 4 nitrogen and oxygen atoms in total. The van der Waals surface area contributed by atoms with Crippen LogP contribution in [0, 0.1) is 0 Å². The van der Waals surface area contributed by atoms with Gasteiger partial charge in [0, 0.05) is 18.7 Å². The average Bonchev–Trinajstić information content (AvgIpc) is 2.53. The number of rotatable bonds is 5. The van der Waals surface area contributed by atoms with Crippen molar-refractivity contribution in [2.75, 3.05) is 7.11 Å². The smallest absolute Gasteiger partial charge is 0.251 e. The number of nitrogens with one attached hydrogen (secondary N) is 1. The van der Waals surface area contributed by atoms with Crippen LogP contribution < -0.4 is 15.8 Å². The van der Waals surface area contributed by atoms with E-state index in [1.807, 2.05) is 24.3 Å². The van der Waals surface area contributed by atoms with Crippen molar-refractivity contribution in [2.45, 2.75) is 13.1 Å². The summed E-state index contributed by atoms with van der Waals surface area (Å²) in [5.41, 5.74) is 8.36. The zero-order valence-corrected chi connectivity index (χ0v) is 11.4. The Hall–Kier alpha value is -2.33. The van der Waals surface area contributed by atoms with Gasteiger partial charge in [-0.3, -0.25) is 4.79 Å². The van der Waals surface area contributed by atoms with Crippen molar-refractivity contribution in [3.8, 4) is 5.75 Å². The Morgan fingerprint density at radius 1 is 1.10 bits per heavy atom. The minimum absolute atomic E-state index is 0.112. The van der Waals surface area contributed by atoms with Crippen molar-refractivity contribution >= 4 is 5.91 Å². The highest BCUT2D eigenvalue weighted by Crippen LogP contribution is 2.12. The van der Waals surface area contributed by atoms with Gasteiger partial charge in [0.05, 0.1) is 7.11 Å². The molecule has 104 valence electrons. The molecular weight excluding hydrogens is 252 g/mol. The third-order valence-corrected chi connectivity index (χ3v) is 3.13. The number of carbonyl (C=O) groups is 1. The highest BCUT2D eigenvalue weighted by Gasteiger charge is 2.06. The number of nitrogens with two attached hydrogens (primary N) is 1. The van der Waals surface area contributed by atoms with E-state index in [1.54, 1.807) is 31.4 Å². The summed E-state index contributed by atoms with van der Waals surface area (Å²) in [4.78, 5) is 12.0. The predicted molar refractivity (Wildman–Crippen MR) is 78.5 cm³/mol. The van der Waals surface area contributed by atoms with E-state index >= 15 is 0 Å². The molecule has 0 fully saturated rings. The quantitative estimate of drug-likeness (QED) is 0.874. The Balaban J connectivity index is 2.01. The largest absolute Gasteiger partial charge is 0.497 e. The standard InChI is InChI=1S/C16H18N2O2/c1-20-15-8-6-12(7-9-15)16(19)18-11-14-5-3-2-4-13(14)10-17/h2-9H,10-11,17H2,1H3,(H,18,19). The van der Waals surface area contributed by atoms with Crippen molar-refractivity contribution in [3.05, 3.63) is 65.2 Å². The monoisotopic (exact) mass is 270 g/mol. The number of hydrogen-bond donors (Lipinski definition) is 2. The molecule has 0 saturated carbocycles. The third-order valence-electron chi connectivity index (χ3n) is 3.13. The number of carbonyl (C=O) groups excluding carboxylic acids is 1. The summed E-state index contributed by atoms with van der Waals surface area (Å²) in [7, 11) is 1.60. The van der Waals surface area contributed by atoms with Gasteiger partial charge in [-0.15, -0.1) is 0 Å². The van der Waals surface area contributed by atoms with Crippen LogP contribution in [-0.2, 0) is 13.1 Å². The van der Waals surface area contributed by atoms with E-state index in [0.29, 0.717) is 18.7 Å². The first-order chi connectivity index (χ1) is 9.74. The molecular formula is C16H18N2O2. The molecule has 0 aliphatic heterocycles. The highest BCUT2D eigenvalue weighted by atomic mass is 16.5. The van der Waals surface area contributed by atoms with Crippen LogP contribution in [0.5, 0.6) is 5.75 Å². The van der Waals surface area contributed by atoms with Gasteiger partial charge in [-0.25, -0.2) is 0 Å². The number of methoxy groups -OCH3 is 1. The Bertz CT molecular complexity index is 579. The van der Waals surface area contributed by atoms with Gasteiger partial charge in [-0.1, -0.05) is 24.3 Å². The third kappa shape index (κ3) is 3.36. The molecule has 3 N–H and O–H groups in total. The summed E-state index contributed by atoms with van der Waals surface area (Å²) in [6, 6.07) is 14.8. The Morgan fingerprint density at radius 2 is 1.75 bits per heavy atom. The first-order valence-corrected chi connectivity index (χ1v) is 6.43. The normalized spacial score (nSPS) is 10.1. The van der Waals surface area contributed by atoms with Gasteiger partial charge in [-0.05, 0) is 35.4 Å². The van der Waals surface area contributed by atoms with E-state index in [2.05, 4.69) is 5.32 Å². The number of amides is 1. The van der Waals surface area contributed by atoms with Gasteiger partial charge in [0.15, 0.2) is 0 Å². The maximum absolute atomic E-state index is 12.0. The van der Waals surface area contributed by atoms with Crippen molar-refractivity contribution in [1.29, 1.82) is 0 Å². The number of ether oxygens (including phenoxy) is 1. The molecule has 0 bridgehead atoms. The van der Waals surface area contributed by atoms with Crippen LogP contribution >= 0.6 is 0 Å². The summed E-state index contributed by atoms with van der Waals surface area (Å²) in [5, 5.41) is 2.89. The number of benzene rings is 2. The predicted octanol–water partition coefficient (Wildman–Crippen LogP) is 2.08. The lowest BCUT2D eigenvalue weighted by Crippen LogP contribution is -2.23. The summed E-state index contributed by atoms with van der Waals surface area (Å²) in [6.07, 6.45) is 0. The lowest BCUT2D eigenvalue weighted by Gasteiger charge is -2.09. The van der Waals surface area contributed by atoms with Crippen LogP contribution in [0.1, 0.15) is 21.5 Å². The average molecular weight is 270 g/mol. The summed E-state index contributed by atoms with van der Waals surface area (Å²) < 4.78 is 5.06. The lowest BCUT2D eigenvalue weighted by molar-refractivity contribution is 0.0951. The summed E-state index contributed by atoms with van der Waals surface area (Å²) in [5.74, 6) is 0.620. The maximum Gasteiger partial charge on any atom is 0.251 e. The first kappa shape index (κ1) is 14.1. The van der Waals surface area contributed by atoms with Crippen LogP contribution in [0.15, 0.2) is 48.5 Å². The fourth-order valence-electron chi connectivity index (χ4n) is 1.95. The zero-order valence-electron chi connectivity index (χ0n) is 11.4. The molecule has 2 rings (SSSR count). The van der Waals surface area contributed by atoms with Gasteiger partial charge in [0.25, 0.3) is 5.91 Å². The molecule has 20 heavy (non-hydrogen) atoms. The molecule has 0 spiro atoms. The van der Waals surface area contributed by atoms with E-state index in [1.165, 1.54) is 0 Å². The van der Waals surface area contributed by atoms with Crippen LogP contribution in [0.25, 0.3) is 0 Å². The minimum atomic E-state index is -0.112. The minimum Gasteiger partial charge on any atom is -0.497 e. The van der Waals surface area contributed by atoms with Crippen molar-refractivity contribution < 1.29 is 9.53 Å². The molecule has 0 radical (unpaired) electrons. The molecule has 2 aromatic carbocycles. The van der Waals surface area contributed by atoms with Crippen molar-refractivity contribution in [2.24, 2.45) is 5.73 Å². The molecule has 0 unspecified atom stereocenters. The van der Waals surface area contributed by atoms with Gasteiger partial charge >= 0.3 is 0 Å². The van der Waals surface area contributed by atoms with Crippen LogP contribution in [0.3, 0.4) is 0 Å². The highest BCUT2D eigenvalue weighted by molar-refractivity contribution is 5.94. The van der Waals surface area contributed by atoms with E-state index < -0.39 is 0 Å². The number of hydrogen-bond acceptors (Lipinski definition) is 3. The lowest BCUT2D eigenvalue weighted by atomic mass is 10.1. The van der Waals surface area contributed by atoms with E-state index in [-0.39, 0.29) is 5.91 Å². The fraction of sp³-hybridized carbons (Fsp3) is 0.188.